The van der Waals surface area contributed by atoms with Gasteiger partial charge in [0.2, 0.25) is 0 Å². The molecule has 22 heavy (non-hydrogen) atoms. The van der Waals surface area contributed by atoms with Gasteiger partial charge in [-0.05, 0) is 30.5 Å². The summed E-state index contributed by atoms with van der Waals surface area (Å²) in [5.74, 6) is 2.95. The number of rotatable bonds is 3. The van der Waals surface area contributed by atoms with Gasteiger partial charge in [-0.2, -0.15) is 0 Å². The van der Waals surface area contributed by atoms with E-state index in [9.17, 15) is 5.11 Å². The van der Waals surface area contributed by atoms with Crippen molar-refractivity contribution in [2.75, 3.05) is 5.32 Å². The Bertz CT molecular complexity index is 861. The summed E-state index contributed by atoms with van der Waals surface area (Å²) in [7, 11) is 0. The lowest BCUT2D eigenvalue weighted by atomic mass is 10.0. The van der Waals surface area contributed by atoms with Gasteiger partial charge in [-0.1, -0.05) is 48.4 Å². The maximum Gasteiger partial charge on any atom is 0.128 e. The molecule has 2 heteroatoms. The average Bonchev–Trinajstić information content (AvgIpc) is 2.55. The molecule has 108 valence electrons. The molecule has 2 N–H and O–H groups in total. The fraction of sp³-hybridized carbons (Fsp3) is 0.100. The molecular weight excluding hydrogens is 270 g/mol. The zero-order valence-corrected chi connectivity index (χ0v) is 12.4. The second kappa shape index (κ2) is 5.83. The number of phenols is 1. The Kier molecular flexibility index (Phi) is 3.72. The lowest BCUT2D eigenvalue weighted by Crippen LogP contribution is -2.07. The van der Waals surface area contributed by atoms with Gasteiger partial charge in [0, 0.05) is 22.2 Å². The van der Waals surface area contributed by atoms with Crippen LogP contribution in [0.15, 0.2) is 60.7 Å². The maximum absolute atomic E-state index is 10.5. The fourth-order valence-electron chi connectivity index (χ4n) is 2.65. The largest absolute Gasteiger partial charge is 0.507 e. The van der Waals surface area contributed by atoms with Crippen LogP contribution in [-0.2, 0) is 0 Å². The van der Waals surface area contributed by atoms with Gasteiger partial charge in [0.1, 0.15) is 5.75 Å². The predicted octanol–water partition coefficient (Wildman–Crippen LogP) is 4.70. The van der Waals surface area contributed by atoms with E-state index in [-0.39, 0.29) is 6.04 Å². The lowest BCUT2D eigenvalue weighted by Gasteiger charge is -2.18. The minimum atomic E-state index is -0.0300. The Morgan fingerprint density at radius 3 is 2.68 bits per heavy atom. The first kappa shape index (κ1) is 14.0. The molecule has 0 saturated heterocycles. The Morgan fingerprint density at radius 2 is 1.86 bits per heavy atom. The quantitative estimate of drug-likeness (QED) is 0.684. The Labute approximate surface area is 130 Å². The highest BCUT2D eigenvalue weighted by Gasteiger charge is 2.12. The standard InChI is InChI=1S/C20H17NO/c1-3-15-7-6-9-17(13-15)21-14(2)18-12-11-16-8-4-5-10-19(16)20(18)22/h1,4-14,21-22H,2H3. The molecule has 0 aliphatic carbocycles. The monoisotopic (exact) mass is 287 g/mol. The average molecular weight is 287 g/mol. The molecule has 3 rings (SSSR count). The third-order valence-electron chi connectivity index (χ3n) is 3.81. The molecule has 0 amide bonds. The van der Waals surface area contributed by atoms with E-state index in [0.29, 0.717) is 5.75 Å². The number of nitrogens with one attached hydrogen (secondary N) is 1. The van der Waals surface area contributed by atoms with Crippen LogP contribution < -0.4 is 5.32 Å². The number of hydrogen-bond donors (Lipinski definition) is 2. The van der Waals surface area contributed by atoms with Crippen molar-refractivity contribution in [1.29, 1.82) is 0 Å². The highest BCUT2D eigenvalue weighted by atomic mass is 16.3. The van der Waals surface area contributed by atoms with Crippen molar-refractivity contribution in [1.82, 2.24) is 0 Å². The SMILES string of the molecule is C#Cc1cccc(NC(C)c2ccc3ccccc3c2O)c1. The summed E-state index contributed by atoms with van der Waals surface area (Å²) < 4.78 is 0. The van der Waals surface area contributed by atoms with E-state index in [1.807, 2.05) is 67.6 Å². The molecule has 0 fully saturated rings. The van der Waals surface area contributed by atoms with Gasteiger partial charge >= 0.3 is 0 Å². The van der Waals surface area contributed by atoms with Crippen molar-refractivity contribution in [3.8, 4) is 18.1 Å². The third kappa shape index (κ3) is 2.62. The summed E-state index contributed by atoms with van der Waals surface area (Å²) in [6.45, 7) is 2.02. The summed E-state index contributed by atoms with van der Waals surface area (Å²) in [5.41, 5.74) is 2.64. The molecule has 0 aliphatic heterocycles. The highest BCUT2D eigenvalue weighted by molar-refractivity contribution is 5.89. The number of anilines is 1. The van der Waals surface area contributed by atoms with Crippen molar-refractivity contribution in [2.24, 2.45) is 0 Å². The van der Waals surface area contributed by atoms with E-state index in [4.69, 9.17) is 6.42 Å². The number of aromatic hydroxyl groups is 1. The van der Waals surface area contributed by atoms with E-state index < -0.39 is 0 Å². The zero-order chi connectivity index (χ0) is 15.5. The maximum atomic E-state index is 10.5. The van der Waals surface area contributed by atoms with Crippen molar-refractivity contribution in [2.45, 2.75) is 13.0 Å². The molecular formula is C20H17NO. The van der Waals surface area contributed by atoms with E-state index in [1.54, 1.807) is 0 Å². The smallest absolute Gasteiger partial charge is 0.128 e. The molecule has 0 bridgehead atoms. The van der Waals surface area contributed by atoms with Crippen molar-refractivity contribution >= 4 is 16.5 Å². The first-order valence-electron chi connectivity index (χ1n) is 7.23. The second-order valence-corrected chi connectivity index (χ2v) is 5.32. The van der Waals surface area contributed by atoms with Crippen LogP contribution in [0.4, 0.5) is 5.69 Å². The molecule has 3 aromatic rings. The number of terminal acetylenes is 1. The van der Waals surface area contributed by atoms with Crippen LogP contribution in [0.1, 0.15) is 24.1 Å². The van der Waals surface area contributed by atoms with Crippen molar-refractivity contribution in [3.63, 3.8) is 0 Å². The number of phenolic OH excluding ortho intramolecular Hbond substituents is 1. The Morgan fingerprint density at radius 1 is 1.05 bits per heavy atom. The summed E-state index contributed by atoms with van der Waals surface area (Å²) >= 11 is 0. The summed E-state index contributed by atoms with van der Waals surface area (Å²) in [4.78, 5) is 0. The third-order valence-corrected chi connectivity index (χ3v) is 3.81. The van der Waals surface area contributed by atoms with Crippen molar-refractivity contribution in [3.05, 3.63) is 71.8 Å². The van der Waals surface area contributed by atoms with Gasteiger partial charge in [-0.25, -0.2) is 0 Å². The van der Waals surface area contributed by atoms with Gasteiger partial charge in [0.05, 0.1) is 6.04 Å². The van der Waals surface area contributed by atoms with Gasteiger partial charge in [-0.15, -0.1) is 6.42 Å². The molecule has 0 heterocycles. The van der Waals surface area contributed by atoms with E-state index >= 15 is 0 Å². The molecule has 1 unspecified atom stereocenters. The van der Waals surface area contributed by atoms with Crippen LogP contribution in [0.25, 0.3) is 10.8 Å². The van der Waals surface area contributed by atoms with Crippen LogP contribution in [0.3, 0.4) is 0 Å². The Balaban J connectivity index is 1.93. The normalized spacial score (nSPS) is 11.8. The van der Waals surface area contributed by atoms with Gasteiger partial charge in [0.15, 0.2) is 0 Å². The Hall–Kier alpha value is -2.92. The van der Waals surface area contributed by atoms with E-state index in [0.717, 1.165) is 27.6 Å². The summed E-state index contributed by atoms with van der Waals surface area (Å²) in [5, 5.41) is 15.8. The van der Waals surface area contributed by atoms with Crippen LogP contribution >= 0.6 is 0 Å². The molecule has 0 aromatic heterocycles. The van der Waals surface area contributed by atoms with Crippen LogP contribution in [-0.4, -0.2) is 5.11 Å². The molecule has 3 aromatic carbocycles. The molecule has 0 radical (unpaired) electrons. The first-order chi connectivity index (χ1) is 10.7. The van der Waals surface area contributed by atoms with Gasteiger partial charge in [0.25, 0.3) is 0 Å². The molecule has 1 atom stereocenters. The minimum absolute atomic E-state index is 0.0300. The highest BCUT2D eigenvalue weighted by Crippen LogP contribution is 2.33. The van der Waals surface area contributed by atoms with Gasteiger partial charge < -0.3 is 10.4 Å². The zero-order valence-electron chi connectivity index (χ0n) is 12.4. The van der Waals surface area contributed by atoms with Crippen LogP contribution in [0.2, 0.25) is 0 Å². The number of hydrogen-bond acceptors (Lipinski definition) is 2. The number of fused-ring (bicyclic) bond motifs is 1. The molecule has 0 aliphatic rings. The number of benzene rings is 3. The van der Waals surface area contributed by atoms with E-state index in [1.165, 1.54) is 0 Å². The molecule has 0 spiro atoms. The minimum Gasteiger partial charge on any atom is -0.507 e. The first-order valence-corrected chi connectivity index (χ1v) is 7.23. The van der Waals surface area contributed by atoms with E-state index in [2.05, 4.69) is 11.2 Å². The summed E-state index contributed by atoms with van der Waals surface area (Å²) in [6, 6.07) is 19.5. The van der Waals surface area contributed by atoms with Gasteiger partial charge in [-0.3, -0.25) is 0 Å². The summed E-state index contributed by atoms with van der Waals surface area (Å²) in [6.07, 6.45) is 5.43. The fourth-order valence-corrected chi connectivity index (χ4v) is 2.65. The second-order valence-electron chi connectivity index (χ2n) is 5.32. The van der Waals surface area contributed by atoms with Crippen LogP contribution in [0.5, 0.6) is 5.75 Å². The lowest BCUT2D eigenvalue weighted by molar-refractivity contribution is 0.472. The molecule has 2 nitrogen and oxygen atoms in total. The van der Waals surface area contributed by atoms with Crippen LogP contribution in [0, 0.1) is 12.3 Å². The topological polar surface area (TPSA) is 32.3 Å². The van der Waals surface area contributed by atoms with Crippen molar-refractivity contribution < 1.29 is 5.11 Å². The predicted molar refractivity (Wildman–Crippen MR) is 92.0 cm³/mol. The molecule has 0 saturated carbocycles.